The number of aromatic nitrogens is 1. The maximum atomic E-state index is 12.2. The van der Waals surface area contributed by atoms with Crippen LogP contribution >= 0.6 is 0 Å². The highest BCUT2D eigenvalue weighted by Crippen LogP contribution is 2.22. The minimum Gasteiger partial charge on any atom is -0.383 e. The van der Waals surface area contributed by atoms with Gasteiger partial charge in [-0.05, 0) is 12.3 Å². The average Bonchev–Trinajstić information content (AvgIpc) is 2.38. The zero-order valence-corrected chi connectivity index (χ0v) is 11.1. The molecule has 0 saturated carbocycles. The molecule has 1 heterocycles. The van der Waals surface area contributed by atoms with Crippen LogP contribution in [-0.4, -0.2) is 22.8 Å². The molecule has 0 spiro atoms. The summed E-state index contributed by atoms with van der Waals surface area (Å²) in [5.74, 6) is -0.386. The molecule has 1 atom stereocenters. The molecule has 2 rings (SSSR count). The molecule has 1 unspecified atom stereocenters. The first-order chi connectivity index (χ1) is 9.49. The molecule has 0 radical (unpaired) electrons. The number of carbonyl (C=O) groups excluding carboxylic acids is 2. The van der Waals surface area contributed by atoms with Gasteiger partial charge in [-0.3, -0.25) is 9.59 Å². The summed E-state index contributed by atoms with van der Waals surface area (Å²) in [5, 5.41) is 4.17. The lowest BCUT2D eigenvalue weighted by molar-refractivity contribution is -0.118. The molecule has 0 aliphatic heterocycles. The fourth-order valence-electron chi connectivity index (χ4n) is 2.05. The molecule has 0 aliphatic carbocycles. The molecule has 0 saturated heterocycles. The Hall–Kier alpha value is -2.63. The Morgan fingerprint density at radius 2 is 1.95 bits per heavy atom. The van der Waals surface area contributed by atoms with Gasteiger partial charge >= 0.3 is 0 Å². The lowest BCUT2D eigenvalue weighted by Crippen LogP contribution is -2.35. The van der Waals surface area contributed by atoms with Crippen molar-refractivity contribution in [3.8, 4) is 0 Å². The Bertz CT molecular complexity index is 669. The van der Waals surface area contributed by atoms with E-state index in [4.69, 9.17) is 11.5 Å². The van der Waals surface area contributed by atoms with Gasteiger partial charge in [-0.1, -0.05) is 24.3 Å². The van der Waals surface area contributed by atoms with E-state index in [1.807, 2.05) is 12.1 Å². The van der Waals surface area contributed by atoms with Crippen LogP contribution in [0.2, 0.25) is 0 Å². The Labute approximate surface area is 116 Å². The third kappa shape index (κ3) is 2.85. The van der Waals surface area contributed by atoms with E-state index in [0.29, 0.717) is 11.4 Å². The number of pyridine rings is 1. The number of hydrogen-bond acceptors (Lipinski definition) is 4. The standard InChI is InChI=1S/C14H16N4O2/c1-8(6-12(15)19)18-14(20)11-7-17-13(16)10-5-3-2-4-9(10)11/h2-5,7-8H,6H2,1H3,(H2,15,19)(H2,16,17)(H,18,20). The van der Waals surface area contributed by atoms with E-state index in [1.165, 1.54) is 6.20 Å². The van der Waals surface area contributed by atoms with Gasteiger partial charge in [0.15, 0.2) is 0 Å². The Morgan fingerprint density at radius 3 is 2.60 bits per heavy atom. The number of nitrogens with two attached hydrogens (primary N) is 2. The number of anilines is 1. The van der Waals surface area contributed by atoms with Crippen molar-refractivity contribution < 1.29 is 9.59 Å². The number of nitrogens with one attached hydrogen (secondary N) is 1. The molecule has 5 N–H and O–H groups in total. The zero-order chi connectivity index (χ0) is 14.7. The van der Waals surface area contributed by atoms with Gasteiger partial charge in [0.05, 0.1) is 5.56 Å². The monoisotopic (exact) mass is 272 g/mol. The maximum Gasteiger partial charge on any atom is 0.253 e. The van der Waals surface area contributed by atoms with Crippen molar-refractivity contribution in [2.24, 2.45) is 5.73 Å². The van der Waals surface area contributed by atoms with Crippen LogP contribution in [0.15, 0.2) is 30.5 Å². The number of hydrogen-bond donors (Lipinski definition) is 3. The predicted molar refractivity (Wildman–Crippen MR) is 76.9 cm³/mol. The molecule has 2 amide bonds. The Balaban J connectivity index is 2.31. The topological polar surface area (TPSA) is 111 Å². The Kier molecular flexibility index (Phi) is 3.84. The summed E-state index contributed by atoms with van der Waals surface area (Å²) in [6.07, 6.45) is 1.52. The van der Waals surface area contributed by atoms with Crippen molar-refractivity contribution in [2.75, 3.05) is 5.73 Å². The molecular weight excluding hydrogens is 256 g/mol. The summed E-state index contributed by atoms with van der Waals surface area (Å²) >= 11 is 0. The molecule has 6 heteroatoms. The van der Waals surface area contributed by atoms with Crippen LogP contribution in [0.3, 0.4) is 0 Å². The van der Waals surface area contributed by atoms with E-state index < -0.39 is 5.91 Å². The van der Waals surface area contributed by atoms with E-state index in [2.05, 4.69) is 10.3 Å². The number of nitrogen functional groups attached to an aromatic ring is 1. The van der Waals surface area contributed by atoms with E-state index >= 15 is 0 Å². The first-order valence-electron chi connectivity index (χ1n) is 6.21. The zero-order valence-electron chi connectivity index (χ0n) is 11.1. The summed E-state index contributed by atoms with van der Waals surface area (Å²) < 4.78 is 0. The summed E-state index contributed by atoms with van der Waals surface area (Å²) in [4.78, 5) is 27.1. The van der Waals surface area contributed by atoms with Crippen LogP contribution in [-0.2, 0) is 4.79 Å². The normalized spacial score (nSPS) is 12.1. The van der Waals surface area contributed by atoms with Crippen molar-refractivity contribution in [1.82, 2.24) is 10.3 Å². The van der Waals surface area contributed by atoms with Gasteiger partial charge in [0, 0.05) is 24.0 Å². The molecule has 20 heavy (non-hydrogen) atoms. The summed E-state index contributed by atoms with van der Waals surface area (Å²) in [5.41, 5.74) is 11.3. The summed E-state index contributed by atoms with van der Waals surface area (Å²) in [7, 11) is 0. The average molecular weight is 272 g/mol. The lowest BCUT2D eigenvalue weighted by atomic mass is 10.1. The number of carbonyl (C=O) groups is 2. The second-order valence-electron chi connectivity index (χ2n) is 4.65. The number of nitrogens with zero attached hydrogens (tertiary/aromatic N) is 1. The van der Waals surface area contributed by atoms with E-state index in [-0.39, 0.29) is 18.4 Å². The third-order valence-electron chi connectivity index (χ3n) is 2.96. The third-order valence-corrected chi connectivity index (χ3v) is 2.96. The number of benzene rings is 1. The van der Waals surface area contributed by atoms with Crippen LogP contribution in [0.25, 0.3) is 10.8 Å². The van der Waals surface area contributed by atoms with E-state index in [1.54, 1.807) is 19.1 Å². The van der Waals surface area contributed by atoms with Gasteiger partial charge in [-0.25, -0.2) is 4.98 Å². The number of fused-ring (bicyclic) bond motifs is 1. The molecule has 104 valence electrons. The number of rotatable bonds is 4. The highest BCUT2D eigenvalue weighted by molar-refractivity contribution is 6.09. The molecule has 0 aliphatic rings. The molecule has 0 bridgehead atoms. The molecule has 0 fully saturated rings. The van der Waals surface area contributed by atoms with Gasteiger partial charge in [-0.2, -0.15) is 0 Å². The van der Waals surface area contributed by atoms with Gasteiger partial charge in [-0.15, -0.1) is 0 Å². The highest BCUT2D eigenvalue weighted by atomic mass is 16.2. The van der Waals surface area contributed by atoms with Crippen molar-refractivity contribution in [3.05, 3.63) is 36.0 Å². The van der Waals surface area contributed by atoms with E-state index in [0.717, 1.165) is 10.8 Å². The SMILES string of the molecule is CC(CC(N)=O)NC(=O)c1cnc(N)c2ccccc12. The van der Waals surface area contributed by atoms with Crippen LogP contribution in [0.1, 0.15) is 23.7 Å². The molecule has 1 aromatic carbocycles. The van der Waals surface area contributed by atoms with Crippen molar-refractivity contribution in [3.63, 3.8) is 0 Å². The van der Waals surface area contributed by atoms with Gasteiger partial charge in [0.25, 0.3) is 5.91 Å². The van der Waals surface area contributed by atoms with Crippen molar-refractivity contribution in [1.29, 1.82) is 0 Å². The van der Waals surface area contributed by atoms with E-state index in [9.17, 15) is 9.59 Å². The maximum absolute atomic E-state index is 12.2. The fourth-order valence-corrected chi connectivity index (χ4v) is 2.05. The lowest BCUT2D eigenvalue weighted by Gasteiger charge is -2.13. The Morgan fingerprint density at radius 1 is 1.30 bits per heavy atom. The van der Waals surface area contributed by atoms with Crippen LogP contribution < -0.4 is 16.8 Å². The summed E-state index contributed by atoms with van der Waals surface area (Å²) in [6.45, 7) is 1.72. The van der Waals surface area contributed by atoms with Crippen LogP contribution in [0.5, 0.6) is 0 Å². The molecule has 1 aromatic heterocycles. The van der Waals surface area contributed by atoms with Gasteiger partial charge in [0.2, 0.25) is 5.91 Å². The minimum absolute atomic E-state index is 0.0894. The molecule has 6 nitrogen and oxygen atoms in total. The second kappa shape index (κ2) is 5.56. The molecule has 2 aromatic rings. The quantitative estimate of drug-likeness (QED) is 0.764. The van der Waals surface area contributed by atoms with Crippen molar-refractivity contribution >= 4 is 28.4 Å². The second-order valence-corrected chi connectivity index (χ2v) is 4.65. The first-order valence-corrected chi connectivity index (χ1v) is 6.21. The first kappa shape index (κ1) is 13.8. The highest BCUT2D eigenvalue weighted by Gasteiger charge is 2.15. The predicted octanol–water partition coefficient (Wildman–Crippen LogP) is 0.811. The van der Waals surface area contributed by atoms with Gasteiger partial charge in [0.1, 0.15) is 5.82 Å². The van der Waals surface area contributed by atoms with Gasteiger partial charge < -0.3 is 16.8 Å². The summed E-state index contributed by atoms with van der Waals surface area (Å²) in [6, 6.07) is 6.93. The van der Waals surface area contributed by atoms with Crippen molar-refractivity contribution in [2.45, 2.75) is 19.4 Å². The number of amides is 2. The fraction of sp³-hybridized carbons (Fsp3) is 0.214. The van der Waals surface area contributed by atoms with Crippen LogP contribution in [0, 0.1) is 0 Å². The number of primary amides is 1. The largest absolute Gasteiger partial charge is 0.383 e. The molecular formula is C14H16N4O2. The van der Waals surface area contributed by atoms with Crippen LogP contribution in [0.4, 0.5) is 5.82 Å². The minimum atomic E-state index is -0.460. The smallest absolute Gasteiger partial charge is 0.253 e.